The summed E-state index contributed by atoms with van der Waals surface area (Å²) in [6, 6.07) is 9.80. The Morgan fingerprint density at radius 3 is 2.53 bits per heavy atom. The van der Waals surface area contributed by atoms with Gasteiger partial charge in [0.2, 0.25) is 0 Å². The van der Waals surface area contributed by atoms with Crippen LogP contribution in [0.25, 0.3) is 0 Å². The van der Waals surface area contributed by atoms with E-state index in [0.29, 0.717) is 23.9 Å². The second-order valence-corrected chi connectivity index (χ2v) is 7.33. The molecule has 1 fully saturated rings. The summed E-state index contributed by atoms with van der Waals surface area (Å²) in [5.41, 5.74) is 1.92. The number of nitrogens with zero attached hydrogens (tertiary/aromatic N) is 5. The molecular formula is C25H35N7O2. The number of hydrogen-bond acceptors (Lipinski definition) is 6. The van der Waals surface area contributed by atoms with Crippen molar-refractivity contribution in [2.45, 2.75) is 40.4 Å². The van der Waals surface area contributed by atoms with E-state index < -0.39 is 0 Å². The van der Waals surface area contributed by atoms with Crippen molar-refractivity contribution in [1.29, 1.82) is 5.26 Å². The number of nitriles is 1. The number of amidine groups is 1. The molecule has 0 atom stereocenters. The molecule has 0 saturated carbocycles. The highest BCUT2D eigenvalue weighted by Gasteiger charge is 2.24. The van der Waals surface area contributed by atoms with Gasteiger partial charge < -0.3 is 10.1 Å². The van der Waals surface area contributed by atoms with Gasteiger partial charge in [-0.3, -0.25) is 19.4 Å². The zero-order chi connectivity index (χ0) is 24.9. The molecule has 0 amide bonds. The zero-order valence-corrected chi connectivity index (χ0v) is 20.8. The first-order valence-electron chi connectivity index (χ1n) is 11.5. The van der Waals surface area contributed by atoms with E-state index >= 15 is 0 Å². The van der Waals surface area contributed by atoms with E-state index in [0.717, 1.165) is 37.4 Å². The topological polar surface area (TPSA) is 99.6 Å². The fourth-order valence-corrected chi connectivity index (χ4v) is 3.73. The minimum Gasteiger partial charge on any atom is -0.468 e. The largest absolute Gasteiger partial charge is 0.468 e. The minimum atomic E-state index is -0.195. The summed E-state index contributed by atoms with van der Waals surface area (Å²) in [4.78, 5) is 20.0. The van der Waals surface area contributed by atoms with Crippen molar-refractivity contribution in [2.75, 3.05) is 45.7 Å². The molecule has 0 unspecified atom stereocenters. The van der Waals surface area contributed by atoms with Crippen molar-refractivity contribution in [3.8, 4) is 17.9 Å². The predicted molar refractivity (Wildman–Crippen MR) is 136 cm³/mol. The third-order valence-corrected chi connectivity index (χ3v) is 5.42. The first-order chi connectivity index (χ1) is 16.6. The number of rotatable bonds is 6. The number of piperazine rings is 1. The molecule has 1 aliphatic heterocycles. The molecule has 9 nitrogen and oxygen atoms in total. The molecule has 2 aromatic rings. The number of methoxy groups -OCH3 is 1. The second kappa shape index (κ2) is 13.9. The smallest absolute Gasteiger partial charge is 0.331 e. The molecule has 9 heteroatoms. The number of aromatic nitrogens is 2. The first kappa shape index (κ1) is 26.7. The molecule has 0 spiro atoms. The van der Waals surface area contributed by atoms with Gasteiger partial charge in [0.15, 0.2) is 0 Å². The molecule has 0 aliphatic carbocycles. The van der Waals surface area contributed by atoms with Gasteiger partial charge >= 0.3 is 5.69 Å². The van der Waals surface area contributed by atoms with E-state index in [9.17, 15) is 10.1 Å². The van der Waals surface area contributed by atoms with Crippen LogP contribution in [0.15, 0.2) is 34.1 Å². The molecule has 2 heterocycles. The number of anilines is 1. The molecule has 3 rings (SSSR count). The van der Waals surface area contributed by atoms with Crippen LogP contribution in [0, 0.1) is 23.2 Å². The van der Waals surface area contributed by atoms with Crippen LogP contribution in [0.2, 0.25) is 0 Å². The van der Waals surface area contributed by atoms with E-state index in [1.165, 1.54) is 7.11 Å². The maximum absolute atomic E-state index is 13.5. The molecule has 0 bridgehead atoms. The van der Waals surface area contributed by atoms with Crippen molar-refractivity contribution < 1.29 is 4.74 Å². The van der Waals surface area contributed by atoms with Crippen LogP contribution in [0.3, 0.4) is 0 Å². The lowest BCUT2D eigenvalue weighted by atomic mass is 10.1. The Kier molecular flexibility index (Phi) is 10.9. The van der Waals surface area contributed by atoms with Gasteiger partial charge in [0.05, 0.1) is 37.5 Å². The number of hydrogen-bond donors (Lipinski definition) is 2. The average molecular weight is 466 g/mol. The van der Waals surface area contributed by atoms with Crippen molar-refractivity contribution in [1.82, 2.24) is 19.4 Å². The molecule has 1 aromatic heterocycles. The molecule has 1 saturated heterocycles. The Morgan fingerprint density at radius 1 is 1.21 bits per heavy atom. The number of nitrogens with one attached hydrogen (secondary N) is 2. The van der Waals surface area contributed by atoms with Gasteiger partial charge in [-0.25, -0.2) is 9.79 Å². The SMILES string of the molecule is CC.CC#CCn1c(CN2CCNCC2)c(NC(=NC)OC)n(Cc2ccccc2C#N)c1=O. The average Bonchev–Trinajstić information content (AvgIpc) is 3.12. The highest BCUT2D eigenvalue weighted by molar-refractivity contribution is 5.88. The standard InChI is InChI=1S/C23H29N7O2.C2H6/c1-4-5-12-29-20(17-28-13-10-26-11-14-28)21(27-22(25-2)32-3)30(23(29)31)16-19-9-7-6-8-18(19)15-24;1-2/h6-9,26H,10-14,16-17H2,1-3H3,(H,25,27);1-2H3. The number of ether oxygens (including phenoxy) is 1. The molecule has 2 N–H and O–H groups in total. The minimum absolute atomic E-state index is 0.195. The van der Waals surface area contributed by atoms with Crippen LogP contribution < -0.4 is 16.3 Å². The monoisotopic (exact) mass is 465 g/mol. The number of imidazole rings is 1. The summed E-state index contributed by atoms with van der Waals surface area (Å²) >= 11 is 0. The quantitative estimate of drug-likeness (QED) is 0.385. The van der Waals surface area contributed by atoms with Crippen molar-refractivity contribution in [2.24, 2.45) is 4.99 Å². The van der Waals surface area contributed by atoms with Gasteiger partial charge in [0.25, 0.3) is 6.02 Å². The van der Waals surface area contributed by atoms with E-state index in [2.05, 4.69) is 38.4 Å². The summed E-state index contributed by atoms with van der Waals surface area (Å²) in [5, 5.41) is 16.1. The van der Waals surface area contributed by atoms with Crippen molar-refractivity contribution in [3.05, 3.63) is 51.6 Å². The Morgan fingerprint density at radius 2 is 1.91 bits per heavy atom. The van der Waals surface area contributed by atoms with E-state index in [-0.39, 0.29) is 18.8 Å². The first-order valence-corrected chi connectivity index (χ1v) is 11.5. The Balaban J connectivity index is 0.00000199. The van der Waals surface area contributed by atoms with E-state index in [4.69, 9.17) is 4.74 Å². The van der Waals surface area contributed by atoms with Gasteiger partial charge in [-0.2, -0.15) is 5.26 Å². The molecule has 34 heavy (non-hydrogen) atoms. The summed E-state index contributed by atoms with van der Waals surface area (Å²) in [6.07, 6.45) is 0. The summed E-state index contributed by atoms with van der Waals surface area (Å²) in [7, 11) is 3.15. The fourth-order valence-electron chi connectivity index (χ4n) is 3.73. The van der Waals surface area contributed by atoms with Crippen LogP contribution in [0.1, 0.15) is 37.6 Å². The second-order valence-electron chi connectivity index (χ2n) is 7.33. The zero-order valence-electron chi connectivity index (χ0n) is 20.8. The van der Waals surface area contributed by atoms with Crippen molar-refractivity contribution >= 4 is 11.8 Å². The molecule has 0 radical (unpaired) electrons. The van der Waals surface area contributed by atoms with Gasteiger partial charge in [0.1, 0.15) is 5.82 Å². The summed E-state index contributed by atoms with van der Waals surface area (Å²) < 4.78 is 8.67. The van der Waals surface area contributed by atoms with Crippen LogP contribution in [-0.4, -0.2) is 60.4 Å². The highest BCUT2D eigenvalue weighted by atomic mass is 16.5. The Bertz CT molecular complexity index is 1120. The lowest BCUT2D eigenvalue weighted by molar-refractivity contribution is 0.228. The number of aliphatic imine (C=N–C) groups is 1. The van der Waals surface area contributed by atoms with E-state index in [1.54, 1.807) is 29.2 Å². The Hall–Kier alpha value is -3.53. The van der Waals surface area contributed by atoms with Crippen LogP contribution in [0.4, 0.5) is 5.82 Å². The van der Waals surface area contributed by atoms with E-state index in [1.807, 2.05) is 32.0 Å². The van der Waals surface area contributed by atoms with Gasteiger partial charge in [0, 0.05) is 39.8 Å². The maximum Gasteiger partial charge on any atom is 0.331 e. The lowest BCUT2D eigenvalue weighted by Crippen LogP contribution is -2.43. The summed E-state index contributed by atoms with van der Waals surface area (Å²) in [6.45, 7) is 10.4. The van der Waals surface area contributed by atoms with Crippen LogP contribution in [-0.2, 0) is 24.4 Å². The predicted octanol–water partition coefficient (Wildman–Crippen LogP) is 2.07. The van der Waals surface area contributed by atoms with Crippen LogP contribution >= 0.6 is 0 Å². The van der Waals surface area contributed by atoms with Gasteiger partial charge in [-0.15, -0.1) is 5.92 Å². The third kappa shape index (κ3) is 6.50. The molecule has 1 aromatic carbocycles. The Labute approximate surface area is 202 Å². The van der Waals surface area contributed by atoms with Crippen LogP contribution in [0.5, 0.6) is 0 Å². The van der Waals surface area contributed by atoms with Gasteiger partial charge in [-0.1, -0.05) is 38.0 Å². The summed E-state index contributed by atoms with van der Waals surface area (Å²) in [5.74, 6) is 6.50. The normalized spacial score (nSPS) is 13.7. The van der Waals surface area contributed by atoms with Crippen molar-refractivity contribution in [3.63, 3.8) is 0 Å². The third-order valence-electron chi connectivity index (χ3n) is 5.42. The van der Waals surface area contributed by atoms with Gasteiger partial charge in [-0.05, 0) is 18.6 Å². The highest BCUT2D eigenvalue weighted by Crippen LogP contribution is 2.21. The fraction of sp³-hybridized carbons (Fsp3) is 0.480. The molecule has 1 aliphatic rings. The molecule has 182 valence electrons. The molecular weight excluding hydrogens is 430 g/mol. The number of benzene rings is 1. The maximum atomic E-state index is 13.5. The lowest BCUT2D eigenvalue weighted by Gasteiger charge is -2.27.